The number of benzene rings is 1. The average molecular weight is 273 g/mol. The highest BCUT2D eigenvalue weighted by molar-refractivity contribution is 5.98. The van der Waals surface area contributed by atoms with Crippen LogP contribution in [0.15, 0.2) is 24.3 Å². The van der Waals surface area contributed by atoms with E-state index in [1.165, 1.54) is 5.56 Å². The van der Waals surface area contributed by atoms with Crippen molar-refractivity contribution in [3.05, 3.63) is 29.8 Å². The summed E-state index contributed by atoms with van der Waals surface area (Å²) >= 11 is 0. The molecular formula is C16H19NO3. The van der Waals surface area contributed by atoms with Crippen molar-refractivity contribution in [2.75, 3.05) is 4.90 Å². The van der Waals surface area contributed by atoms with Crippen LogP contribution in [-0.2, 0) is 16.0 Å². The van der Waals surface area contributed by atoms with Crippen molar-refractivity contribution in [1.29, 1.82) is 0 Å². The molecule has 1 aromatic rings. The fourth-order valence-corrected chi connectivity index (χ4v) is 3.53. The van der Waals surface area contributed by atoms with E-state index in [0.717, 1.165) is 12.1 Å². The van der Waals surface area contributed by atoms with E-state index in [1.807, 2.05) is 23.1 Å². The zero-order valence-electron chi connectivity index (χ0n) is 11.6. The molecule has 3 atom stereocenters. The van der Waals surface area contributed by atoms with Gasteiger partial charge in [0.1, 0.15) is 0 Å². The smallest absolute Gasteiger partial charge is 0.306 e. The fraction of sp³-hybridized carbons (Fsp3) is 0.500. The van der Waals surface area contributed by atoms with Gasteiger partial charge in [-0.05, 0) is 44.2 Å². The molecule has 0 spiro atoms. The van der Waals surface area contributed by atoms with Crippen LogP contribution in [0.5, 0.6) is 0 Å². The van der Waals surface area contributed by atoms with E-state index in [0.29, 0.717) is 19.3 Å². The lowest BCUT2D eigenvalue weighted by atomic mass is 10.0. The van der Waals surface area contributed by atoms with Gasteiger partial charge < -0.3 is 10.0 Å². The Balaban J connectivity index is 1.80. The van der Waals surface area contributed by atoms with E-state index in [1.54, 1.807) is 0 Å². The van der Waals surface area contributed by atoms with E-state index in [4.69, 9.17) is 5.11 Å². The summed E-state index contributed by atoms with van der Waals surface area (Å²) in [5.74, 6) is -1.15. The number of carbonyl (C=O) groups excluding carboxylic acids is 1. The number of fused-ring (bicyclic) bond motifs is 1. The van der Waals surface area contributed by atoms with Crippen molar-refractivity contribution < 1.29 is 14.7 Å². The van der Waals surface area contributed by atoms with Crippen molar-refractivity contribution in [3.8, 4) is 0 Å². The van der Waals surface area contributed by atoms with Gasteiger partial charge in [0, 0.05) is 17.6 Å². The molecule has 1 aromatic carbocycles. The summed E-state index contributed by atoms with van der Waals surface area (Å²) in [5.41, 5.74) is 2.21. The molecule has 106 valence electrons. The lowest BCUT2D eigenvalue weighted by Crippen LogP contribution is -2.39. The first kappa shape index (κ1) is 13.2. The predicted molar refractivity (Wildman–Crippen MR) is 75.6 cm³/mol. The molecule has 1 N–H and O–H groups in total. The number of carboxylic acids is 1. The number of nitrogens with zero attached hydrogens (tertiary/aromatic N) is 1. The Bertz CT molecular complexity index is 554. The van der Waals surface area contributed by atoms with Crippen LogP contribution < -0.4 is 4.90 Å². The maximum atomic E-state index is 12.7. The van der Waals surface area contributed by atoms with Crippen molar-refractivity contribution >= 4 is 17.6 Å². The minimum absolute atomic E-state index is 0.103. The minimum atomic E-state index is -0.768. The standard InChI is InChI=1S/C16H19NO3/c1-10-8-11-4-2-3-5-14(11)17(10)15(18)12-6-7-13(9-12)16(19)20/h2-5,10,12-13H,6-9H2,1H3,(H,19,20). The number of carbonyl (C=O) groups is 2. The molecule has 0 saturated heterocycles. The van der Waals surface area contributed by atoms with Gasteiger partial charge in [-0.3, -0.25) is 9.59 Å². The molecule has 2 aliphatic rings. The van der Waals surface area contributed by atoms with Gasteiger partial charge in [-0.25, -0.2) is 0 Å². The van der Waals surface area contributed by atoms with Crippen LogP contribution in [0.25, 0.3) is 0 Å². The molecule has 1 fully saturated rings. The number of para-hydroxylation sites is 1. The summed E-state index contributed by atoms with van der Waals surface area (Å²) in [6, 6.07) is 8.17. The third kappa shape index (κ3) is 2.09. The Kier molecular flexibility index (Phi) is 3.24. The van der Waals surface area contributed by atoms with Gasteiger partial charge in [-0.2, -0.15) is 0 Å². The maximum Gasteiger partial charge on any atom is 0.306 e. The number of rotatable bonds is 2. The lowest BCUT2D eigenvalue weighted by Gasteiger charge is -2.26. The highest BCUT2D eigenvalue weighted by atomic mass is 16.4. The Morgan fingerprint density at radius 1 is 1.20 bits per heavy atom. The molecule has 1 amide bonds. The quantitative estimate of drug-likeness (QED) is 0.900. The van der Waals surface area contributed by atoms with Gasteiger partial charge in [-0.15, -0.1) is 0 Å². The second-order valence-corrected chi connectivity index (χ2v) is 5.94. The topological polar surface area (TPSA) is 57.6 Å². The Morgan fingerprint density at radius 3 is 2.60 bits per heavy atom. The number of hydrogen-bond acceptors (Lipinski definition) is 2. The van der Waals surface area contributed by atoms with E-state index in [2.05, 4.69) is 13.0 Å². The summed E-state index contributed by atoms with van der Waals surface area (Å²) in [7, 11) is 0. The van der Waals surface area contributed by atoms with Gasteiger partial charge in [0.05, 0.1) is 5.92 Å². The monoisotopic (exact) mass is 273 g/mol. The van der Waals surface area contributed by atoms with Gasteiger partial charge >= 0.3 is 5.97 Å². The van der Waals surface area contributed by atoms with Crippen molar-refractivity contribution in [2.45, 2.75) is 38.6 Å². The highest BCUT2D eigenvalue weighted by Crippen LogP contribution is 2.38. The molecule has 0 radical (unpaired) electrons. The largest absolute Gasteiger partial charge is 0.481 e. The van der Waals surface area contributed by atoms with Crippen LogP contribution >= 0.6 is 0 Å². The first-order valence-corrected chi connectivity index (χ1v) is 7.21. The molecule has 4 heteroatoms. The highest BCUT2D eigenvalue weighted by Gasteiger charge is 2.39. The Morgan fingerprint density at radius 2 is 1.90 bits per heavy atom. The number of hydrogen-bond donors (Lipinski definition) is 1. The molecule has 1 heterocycles. The summed E-state index contributed by atoms with van der Waals surface area (Å²) in [6.45, 7) is 2.06. The number of anilines is 1. The van der Waals surface area contributed by atoms with Crippen LogP contribution in [0.1, 0.15) is 31.7 Å². The second-order valence-electron chi connectivity index (χ2n) is 5.94. The fourth-order valence-electron chi connectivity index (χ4n) is 3.53. The number of amides is 1. The van der Waals surface area contributed by atoms with Crippen LogP contribution in [0.2, 0.25) is 0 Å². The van der Waals surface area contributed by atoms with E-state index in [9.17, 15) is 9.59 Å². The normalized spacial score (nSPS) is 28.4. The summed E-state index contributed by atoms with van der Waals surface area (Å²) in [5, 5.41) is 9.06. The van der Waals surface area contributed by atoms with E-state index in [-0.39, 0.29) is 23.8 Å². The molecule has 3 unspecified atom stereocenters. The zero-order chi connectivity index (χ0) is 14.3. The molecule has 3 rings (SSSR count). The summed E-state index contributed by atoms with van der Waals surface area (Å²) < 4.78 is 0. The molecule has 0 aromatic heterocycles. The molecule has 4 nitrogen and oxygen atoms in total. The third-order valence-electron chi connectivity index (χ3n) is 4.58. The molecule has 20 heavy (non-hydrogen) atoms. The third-order valence-corrected chi connectivity index (χ3v) is 4.58. The molecular weight excluding hydrogens is 254 g/mol. The maximum absolute atomic E-state index is 12.7. The SMILES string of the molecule is CC1Cc2ccccc2N1C(=O)C1CCC(C(=O)O)C1. The molecule has 1 aliphatic heterocycles. The molecule has 0 bridgehead atoms. The predicted octanol–water partition coefficient (Wildman–Crippen LogP) is 2.47. The first-order valence-electron chi connectivity index (χ1n) is 7.21. The zero-order valence-corrected chi connectivity index (χ0v) is 11.6. The van der Waals surface area contributed by atoms with E-state index >= 15 is 0 Å². The van der Waals surface area contributed by atoms with E-state index < -0.39 is 5.97 Å². The lowest BCUT2D eigenvalue weighted by molar-refractivity contribution is -0.141. The summed E-state index contributed by atoms with van der Waals surface area (Å²) in [6.07, 6.45) is 2.69. The summed E-state index contributed by atoms with van der Waals surface area (Å²) in [4.78, 5) is 25.6. The van der Waals surface area contributed by atoms with Gasteiger partial charge in [0.2, 0.25) is 5.91 Å². The van der Waals surface area contributed by atoms with Crippen LogP contribution in [0.3, 0.4) is 0 Å². The van der Waals surface area contributed by atoms with Gasteiger partial charge in [0.25, 0.3) is 0 Å². The molecule has 1 saturated carbocycles. The van der Waals surface area contributed by atoms with Gasteiger partial charge in [-0.1, -0.05) is 18.2 Å². The Labute approximate surface area is 118 Å². The van der Waals surface area contributed by atoms with Crippen molar-refractivity contribution in [2.24, 2.45) is 11.8 Å². The second kappa shape index (κ2) is 4.93. The first-order chi connectivity index (χ1) is 9.58. The van der Waals surface area contributed by atoms with Crippen molar-refractivity contribution in [1.82, 2.24) is 0 Å². The van der Waals surface area contributed by atoms with Crippen LogP contribution in [-0.4, -0.2) is 23.0 Å². The number of carboxylic acid groups (broad SMARTS) is 1. The van der Waals surface area contributed by atoms with Crippen LogP contribution in [0, 0.1) is 11.8 Å². The molecule has 1 aliphatic carbocycles. The Hall–Kier alpha value is -1.84. The average Bonchev–Trinajstić information content (AvgIpc) is 3.01. The van der Waals surface area contributed by atoms with Crippen molar-refractivity contribution in [3.63, 3.8) is 0 Å². The van der Waals surface area contributed by atoms with Crippen LogP contribution in [0.4, 0.5) is 5.69 Å². The number of aliphatic carboxylic acids is 1. The van der Waals surface area contributed by atoms with Gasteiger partial charge in [0.15, 0.2) is 0 Å². The minimum Gasteiger partial charge on any atom is -0.481 e.